The van der Waals surface area contributed by atoms with Crippen LogP contribution >= 0.6 is 11.6 Å². The van der Waals surface area contributed by atoms with Crippen LogP contribution in [0.5, 0.6) is 0 Å². The van der Waals surface area contributed by atoms with Gasteiger partial charge in [-0.2, -0.15) is 0 Å². The summed E-state index contributed by atoms with van der Waals surface area (Å²) in [5.74, 6) is 0.404. The van der Waals surface area contributed by atoms with Crippen LogP contribution in [0, 0.1) is 0 Å². The molecule has 0 amide bonds. The predicted octanol–water partition coefficient (Wildman–Crippen LogP) is 1.96. The highest BCUT2D eigenvalue weighted by molar-refractivity contribution is 6.30. The molecule has 0 radical (unpaired) electrons. The van der Waals surface area contributed by atoms with Gasteiger partial charge in [-0.05, 0) is 19.4 Å². The summed E-state index contributed by atoms with van der Waals surface area (Å²) in [4.78, 5) is 10.9. The maximum atomic E-state index is 6.09. The number of hydrogen-bond donors (Lipinski definition) is 0. The van der Waals surface area contributed by atoms with Gasteiger partial charge in [0.05, 0.1) is 12.3 Å². The van der Waals surface area contributed by atoms with Gasteiger partial charge in [-0.25, -0.2) is 4.98 Å². The zero-order valence-corrected chi connectivity index (χ0v) is 10.9. The Labute approximate surface area is 107 Å². The van der Waals surface area contributed by atoms with Crippen LogP contribution in [0.2, 0.25) is 5.15 Å². The number of rotatable bonds is 4. The average Bonchev–Trinajstić information content (AvgIpc) is 2.37. The molecular weight excluding hydrogens is 238 g/mol. The van der Waals surface area contributed by atoms with Crippen LogP contribution in [0.4, 0.5) is 0 Å². The second-order valence-electron chi connectivity index (χ2n) is 4.36. The Balaban J connectivity index is 1.99. The third-order valence-corrected chi connectivity index (χ3v) is 3.47. The molecule has 0 saturated carbocycles. The lowest BCUT2D eigenvalue weighted by molar-refractivity contribution is 0.127. The van der Waals surface area contributed by atoms with E-state index in [-0.39, 0.29) is 0 Å². The molecule has 0 spiro atoms. The largest absolute Gasteiger partial charge is 0.383 e. The highest BCUT2D eigenvalue weighted by atomic mass is 35.5. The summed E-state index contributed by atoms with van der Waals surface area (Å²) >= 11 is 6.09. The van der Waals surface area contributed by atoms with E-state index in [4.69, 9.17) is 16.3 Å². The maximum Gasteiger partial charge on any atom is 0.150 e. The molecule has 5 heteroatoms. The minimum atomic E-state index is 0.404. The van der Waals surface area contributed by atoms with Gasteiger partial charge in [-0.3, -0.25) is 4.98 Å². The van der Waals surface area contributed by atoms with Crippen LogP contribution in [0.25, 0.3) is 0 Å². The summed E-state index contributed by atoms with van der Waals surface area (Å²) in [6.07, 6.45) is 5.68. The SMILES string of the molecule is COCCN1CCC[C@@H](c2nccnc2Cl)C1. The van der Waals surface area contributed by atoms with Crippen LogP contribution < -0.4 is 0 Å². The minimum Gasteiger partial charge on any atom is -0.383 e. The Morgan fingerprint density at radius 3 is 3.06 bits per heavy atom. The number of aromatic nitrogens is 2. The number of nitrogens with zero attached hydrogens (tertiary/aromatic N) is 3. The first kappa shape index (κ1) is 12.7. The summed E-state index contributed by atoms with van der Waals surface area (Å²) in [7, 11) is 1.74. The molecule has 1 saturated heterocycles. The van der Waals surface area contributed by atoms with E-state index >= 15 is 0 Å². The highest BCUT2D eigenvalue weighted by Crippen LogP contribution is 2.28. The molecule has 0 bridgehead atoms. The van der Waals surface area contributed by atoms with Crippen LogP contribution in [-0.4, -0.2) is 48.2 Å². The lowest BCUT2D eigenvalue weighted by Crippen LogP contribution is -2.36. The molecule has 1 fully saturated rings. The monoisotopic (exact) mass is 255 g/mol. The Bertz CT molecular complexity index is 361. The lowest BCUT2D eigenvalue weighted by Gasteiger charge is -2.32. The van der Waals surface area contributed by atoms with Gasteiger partial charge in [0.25, 0.3) is 0 Å². The van der Waals surface area contributed by atoms with Gasteiger partial charge in [0.2, 0.25) is 0 Å². The normalized spacial score (nSPS) is 21.6. The van der Waals surface area contributed by atoms with Gasteiger partial charge >= 0.3 is 0 Å². The number of likely N-dealkylation sites (tertiary alicyclic amines) is 1. The molecule has 1 aromatic rings. The van der Waals surface area contributed by atoms with Gasteiger partial charge in [-0.1, -0.05) is 11.6 Å². The van der Waals surface area contributed by atoms with Crippen molar-refractivity contribution in [3.05, 3.63) is 23.2 Å². The summed E-state index contributed by atoms with van der Waals surface area (Å²) in [5, 5.41) is 0.547. The molecule has 2 rings (SSSR count). The van der Waals surface area contributed by atoms with Crippen LogP contribution in [0.1, 0.15) is 24.5 Å². The molecular formula is C12H18ClN3O. The smallest absolute Gasteiger partial charge is 0.150 e. The number of hydrogen-bond acceptors (Lipinski definition) is 4. The molecule has 1 aliphatic heterocycles. The predicted molar refractivity (Wildman–Crippen MR) is 67.3 cm³/mol. The lowest BCUT2D eigenvalue weighted by atomic mass is 9.95. The molecule has 17 heavy (non-hydrogen) atoms. The van der Waals surface area contributed by atoms with Gasteiger partial charge in [0, 0.05) is 38.5 Å². The van der Waals surface area contributed by atoms with E-state index in [1.54, 1.807) is 19.5 Å². The topological polar surface area (TPSA) is 38.2 Å². The summed E-state index contributed by atoms with van der Waals surface area (Å²) in [6.45, 7) is 3.89. The molecule has 0 aromatic carbocycles. The Hall–Kier alpha value is -0.710. The van der Waals surface area contributed by atoms with E-state index in [2.05, 4.69) is 14.9 Å². The first-order valence-corrected chi connectivity index (χ1v) is 6.36. The van der Waals surface area contributed by atoms with E-state index < -0.39 is 0 Å². The van der Waals surface area contributed by atoms with Crippen LogP contribution in [0.15, 0.2) is 12.4 Å². The van der Waals surface area contributed by atoms with Crippen molar-refractivity contribution in [1.29, 1.82) is 0 Å². The number of halogens is 1. The summed E-state index contributed by atoms with van der Waals surface area (Å²) < 4.78 is 5.11. The van der Waals surface area contributed by atoms with Crippen molar-refractivity contribution >= 4 is 11.6 Å². The maximum absolute atomic E-state index is 6.09. The van der Waals surface area contributed by atoms with Crippen molar-refractivity contribution < 1.29 is 4.74 Å². The van der Waals surface area contributed by atoms with E-state index in [1.165, 1.54) is 6.42 Å². The molecule has 1 aromatic heterocycles. The first-order valence-electron chi connectivity index (χ1n) is 5.99. The van der Waals surface area contributed by atoms with Crippen molar-refractivity contribution in [3.8, 4) is 0 Å². The molecule has 0 aliphatic carbocycles. The van der Waals surface area contributed by atoms with Gasteiger partial charge in [0.15, 0.2) is 5.15 Å². The zero-order chi connectivity index (χ0) is 12.1. The number of ether oxygens (including phenoxy) is 1. The van der Waals surface area contributed by atoms with Gasteiger partial charge < -0.3 is 9.64 Å². The molecule has 0 N–H and O–H groups in total. The fraction of sp³-hybridized carbons (Fsp3) is 0.667. The van der Waals surface area contributed by atoms with Crippen LogP contribution in [-0.2, 0) is 4.74 Å². The molecule has 94 valence electrons. The average molecular weight is 256 g/mol. The Morgan fingerprint density at radius 1 is 1.47 bits per heavy atom. The zero-order valence-electron chi connectivity index (χ0n) is 10.1. The third-order valence-electron chi connectivity index (χ3n) is 3.18. The molecule has 1 atom stereocenters. The number of piperidine rings is 1. The molecule has 4 nitrogen and oxygen atoms in total. The summed E-state index contributed by atoms with van der Waals surface area (Å²) in [6, 6.07) is 0. The minimum absolute atomic E-state index is 0.404. The van der Waals surface area contributed by atoms with Crippen molar-refractivity contribution in [2.45, 2.75) is 18.8 Å². The van der Waals surface area contributed by atoms with Crippen molar-refractivity contribution in [2.75, 3.05) is 33.4 Å². The van der Waals surface area contributed by atoms with Crippen molar-refractivity contribution in [3.63, 3.8) is 0 Å². The third kappa shape index (κ3) is 3.37. The Morgan fingerprint density at radius 2 is 2.29 bits per heavy atom. The second kappa shape index (κ2) is 6.28. The second-order valence-corrected chi connectivity index (χ2v) is 4.72. The van der Waals surface area contributed by atoms with E-state index in [9.17, 15) is 0 Å². The quantitative estimate of drug-likeness (QED) is 0.824. The van der Waals surface area contributed by atoms with E-state index in [0.717, 1.165) is 38.4 Å². The van der Waals surface area contributed by atoms with E-state index in [1.807, 2.05) is 0 Å². The van der Waals surface area contributed by atoms with Gasteiger partial charge in [-0.15, -0.1) is 0 Å². The fourth-order valence-electron chi connectivity index (χ4n) is 2.31. The summed E-state index contributed by atoms with van der Waals surface area (Å²) in [5.41, 5.74) is 0.941. The van der Waals surface area contributed by atoms with Crippen LogP contribution in [0.3, 0.4) is 0 Å². The van der Waals surface area contributed by atoms with Crippen molar-refractivity contribution in [2.24, 2.45) is 0 Å². The standard InChI is InChI=1S/C12H18ClN3O/c1-17-8-7-16-6-2-3-10(9-16)11-12(13)15-5-4-14-11/h4-5,10H,2-3,6-9H2,1H3/t10-/m1/s1. The first-order chi connectivity index (χ1) is 8.31. The van der Waals surface area contributed by atoms with E-state index in [0.29, 0.717) is 11.1 Å². The van der Waals surface area contributed by atoms with Gasteiger partial charge in [0.1, 0.15) is 0 Å². The Kier molecular flexibility index (Phi) is 4.71. The molecule has 0 unspecified atom stereocenters. The molecule has 2 heterocycles. The fourth-order valence-corrected chi connectivity index (χ4v) is 2.57. The highest BCUT2D eigenvalue weighted by Gasteiger charge is 2.24. The number of methoxy groups -OCH3 is 1. The molecule has 1 aliphatic rings. The van der Waals surface area contributed by atoms with Crippen molar-refractivity contribution in [1.82, 2.24) is 14.9 Å².